The number of hydrogen-bond acceptors (Lipinski definition) is 4. The van der Waals surface area contributed by atoms with Crippen molar-refractivity contribution in [3.63, 3.8) is 0 Å². The van der Waals surface area contributed by atoms with Gasteiger partial charge in [-0.15, -0.1) is 0 Å². The Hall–Kier alpha value is -2.18. The molecule has 0 radical (unpaired) electrons. The summed E-state index contributed by atoms with van der Waals surface area (Å²) in [5.41, 5.74) is 0.127. The van der Waals surface area contributed by atoms with E-state index in [2.05, 4.69) is 20.3 Å². The zero-order valence-corrected chi connectivity index (χ0v) is 10.1. The lowest BCUT2D eigenvalue weighted by molar-refractivity contribution is -0.141. The Kier molecular flexibility index (Phi) is 3.64. The van der Waals surface area contributed by atoms with Crippen molar-refractivity contribution >= 4 is 5.95 Å². The van der Waals surface area contributed by atoms with Gasteiger partial charge < -0.3 is 5.32 Å². The number of pyridine rings is 1. The smallest absolute Gasteiger partial charge is 0.357 e. The first-order chi connectivity index (χ1) is 8.99. The van der Waals surface area contributed by atoms with Crippen LogP contribution in [0.5, 0.6) is 0 Å². The first-order valence-electron chi connectivity index (χ1n) is 5.51. The van der Waals surface area contributed by atoms with Crippen LogP contribution in [0, 0.1) is 0 Å². The van der Waals surface area contributed by atoms with Gasteiger partial charge in [-0.25, -0.2) is 9.97 Å². The fourth-order valence-corrected chi connectivity index (χ4v) is 1.56. The highest BCUT2D eigenvalue weighted by molar-refractivity contribution is 5.30. The lowest BCUT2D eigenvalue weighted by Crippen LogP contribution is -2.12. The van der Waals surface area contributed by atoms with Gasteiger partial charge in [0.25, 0.3) is 0 Å². The predicted octanol–water partition coefficient (Wildman–Crippen LogP) is 2.52. The van der Waals surface area contributed by atoms with E-state index in [1.807, 2.05) is 0 Å². The van der Waals surface area contributed by atoms with Crippen molar-refractivity contribution in [1.29, 1.82) is 0 Å². The molecule has 100 valence electrons. The molecule has 0 bridgehead atoms. The van der Waals surface area contributed by atoms with Crippen LogP contribution in [0.3, 0.4) is 0 Å². The molecule has 0 aromatic carbocycles. The first kappa shape index (κ1) is 13.3. The van der Waals surface area contributed by atoms with E-state index in [9.17, 15) is 13.2 Å². The van der Waals surface area contributed by atoms with E-state index in [1.54, 1.807) is 24.5 Å². The molecule has 0 atom stereocenters. The van der Waals surface area contributed by atoms with Crippen molar-refractivity contribution in [1.82, 2.24) is 15.0 Å². The molecule has 2 rings (SSSR count). The minimum absolute atomic E-state index is 0.0475. The fraction of sp³-hybridized carbons (Fsp3) is 0.250. The molecular formula is C12H11F3N4. The van der Waals surface area contributed by atoms with Crippen molar-refractivity contribution in [3.05, 3.63) is 47.5 Å². The molecule has 0 amide bonds. The minimum atomic E-state index is -4.49. The molecule has 2 aromatic heterocycles. The van der Waals surface area contributed by atoms with Crippen LogP contribution in [0.4, 0.5) is 19.1 Å². The topological polar surface area (TPSA) is 50.7 Å². The van der Waals surface area contributed by atoms with Crippen LogP contribution in [0.25, 0.3) is 0 Å². The number of hydrogen-bond donors (Lipinski definition) is 1. The molecule has 0 aliphatic rings. The second kappa shape index (κ2) is 5.21. The normalized spacial score (nSPS) is 11.4. The zero-order valence-electron chi connectivity index (χ0n) is 10.1. The number of nitrogens with zero attached hydrogens (tertiary/aromatic N) is 3. The van der Waals surface area contributed by atoms with E-state index in [1.165, 1.54) is 7.05 Å². The van der Waals surface area contributed by atoms with E-state index in [0.717, 1.165) is 11.6 Å². The molecule has 0 fully saturated rings. The summed E-state index contributed by atoms with van der Waals surface area (Å²) in [4.78, 5) is 11.3. The highest BCUT2D eigenvalue weighted by Crippen LogP contribution is 2.28. The molecule has 0 unspecified atom stereocenters. The first-order valence-corrected chi connectivity index (χ1v) is 5.51. The van der Waals surface area contributed by atoms with Crippen LogP contribution >= 0.6 is 0 Å². The van der Waals surface area contributed by atoms with Crippen LogP contribution in [-0.4, -0.2) is 22.0 Å². The van der Waals surface area contributed by atoms with Gasteiger partial charge in [0.15, 0.2) is 0 Å². The van der Waals surface area contributed by atoms with Gasteiger partial charge in [0.05, 0.1) is 5.69 Å². The SMILES string of the molecule is CNc1nc(Cc2cccnc2)cc(C(F)(F)F)n1. The van der Waals surface area contributed by atoms with Crippen LogP contribution in [0.1, 0.15) is 17.0 Å². The highest BCUT2D eigenvalue weighted by atomic mass is 19.4. The number of nitrogens with one attached hydrogen (secondary N) is 1. The molecule has 0 aliphatic carbocycles. The van der Waals surface area contributed by atoms with Gasteiger partial charge >= 0.3 is 6.18 Å². The Morgan fingerprint density at radius 1 is 1.26 bits per heavy atom. The second-order valence-corrected chi connectivity index (χ2v) is 3.85. The van der Waals surface area contributed by atoms with Crippen molar-refractivity contribution in [2.45, 2.75) is 12.6 Å². The lowest BCUT2D eigenvalue weighted by Gasteiger charge is -2.10. The number of halogens is 3. The van der Waals surface area contributed by atoms with Gasteiger partial charge in [0.1, 0.15) is 5.69 Å². The molecular weight excluding hydrogens is 257 g/mol. The molecule has 0 aliphatic heterocycles. The largest absolute Gasteiger partial charge is 0.433 e. The quantitative estimate of drug-likeness (QED) is 0.929. The van der Waals surface area contributed by atoms with E-state index < -0.39 is 11.9 Å². The van der Waals surface area contributed by atoms with Crippen molar-refractivity contribution in [3.8, 4) is 0 Å². The minimum Gasteiger partial charge on any atom is -0.357 e. The third-order valence-corrected chi connectivity index (χ3v) is 2.40. The number of alkyl halides is 3. The summed E-state index contributed by atoms with van der Waals surface area (Å²) in [5, 5.41) is 2.53. The van der Waals surface area contributed by atoms with Crippen LogP contribution in [0.15, 0.2) is 30.6 Å². The Bertz CT molecular complexity index is 555. The van der Waals surface area contributed by atoms with Crippen LogP contribution in [-0.2, 0) is 12.6 Å². The third-order valence-electron chi connectivity index (χ3n) is 2.40. The molecule has 2 heterocycles. The summed E-state index contributed by atoms with van der Waals surface area (Å²) in [6.45, 7) is 0. The Labute approximate surface area is 107 Å². The molecule has 4 nitrogen and oxygen atoms in total. The van der Waals surface area contributed by atoms with Crippen molar-refractivity contribution in [2.24, 2.45) is 0 Å². The van der Waals surface area contributed by atoms with E-state index >= 15 is 0 Å². The van der Waals surface area contributed by atoms with E-state index in [-0.39, 0.29) is 12.4 Å². The summed E-state index contributed by atoms with van der Waals surface area (Å²) in [6, 6.07) is 4.45. The number of aromatic nitrogens is 3. The molecule has 19 heavy (non-hydrogen) atoms. The molecule has 0 saturated heterocycles. The Morgan fingerprint density at radius 2 is 2.05 bits per heavy atom. The summed E-state index contributed by atoms with van der Waals surface area (Å²) in [6.07, 6.45) is -1.02. The Morgan fingerprint density at radius 3 is 2.63 bits per heavy atom. The molecule has 7 heteroatoms. The summed E-state index contributed by atoms with van der Waals surface area (Å²) in [7, 11) is 1.48. The van der Waals surface area contributed by atoms with E-state index in [0.29, 0.717) is 5.69 Å². The zero-order chi connectivity index (χ0) is 13.9. The predicted molar refractivity (Wildman–Crippen MR) is 63.6 cm³/mol. The van der Waals surface area contributed by atoms with Gasteiger partial charge in [0.2, 0.25) is 5.95 Å². The maximum absolute atomic E-state index is 12.7. The molecule has 2 aromatic rings. The van der Waals surface area contributed by atoms with Crippen molar-refractivity contribution < 1.29 is 13.2 Å². The number of rotatable bonds is 3. The van der Waals surface area contributed by atoms with Crippen molar-refractivity contribution in [2.75, 3.05) is 12.4 Å². The summed E-state index contributed by atoms with van der Waals surface area (Å²) in [5.74, 6) is -0.0475. The number of anilines is 1. The maximum Gasteiger partial charge on any atom is 0.433 e. The van der Waals surface area contributed by atoms with Crippen LogP contribution in [0.2, 0.25) is 0 Å². The van der Waals surface area contributed by atoms with Gasteiger partial charge in [-0.2, -0.15) is 13.2 Å². The average Bonchev–Trinajstić information content (AvgIpc) is 2.38. The molecule has 0 spiro atoms. The summed E-state index contributed by atoms with van der Waals surface area (Å²) < 4.78 is 38.1. The summed E-state index contributed by atoms with van der Waals surface area (Å²) >= 11 is 0. The average molecular weight is 268 g/mol. The standard InChI is InChI=1S/C12H11F3N4/c1-16-11-18-9(5-8-3-2-4-17-7-8)6-10(19-11)12(13,14)15/h2-4,6-7H,5H2,1H3,(H,16,18,19). The third kappa shape index (κ3) is 3.40. The van der Waals surface area contributed by atoms with Crippen LogP contribution < -0.4 is 5.32 Å². The van der Waals surface area contributed by atoms with Gasteiger partial charge in [-0.05, 0) is 17.7 Å². The van der Waals surface area contributed by atoms with Gasteiger partial charge in [-0.1, -0.05) is 6.07 Å². The molecule has 0 saturated carbocycles. The lowest BCUT2D eigenvalue weighted by atomic mass is 10.1. The highest BCUT2D eigenvalue weighted by Gasteiger charge is 2.33. The fourth-order valence-electron chi connectivity index (χ4n) is 1.56. The monoisotopic (exact) mass is 268 g/mol. The maximum atomic E-state index is 12.7. The second-order valence-electron chi connectivity index (χ2n) is 3.85. The van der Waals surface area contributed by atoms with Gasteiger partial charge in [0, 0.05) is 25.9 Å². The molecule has 1 N–H and O–H groups in total. The van der Waals surface area contributed by atoms with Gasteiger partial charge in [-0.3, -0.25) is 4.98 Å². The Balaban J connectivity index is 2.35. The van der Waals surface area contributed by atoms with E-state index in [4.69, 9.17) is 0 Å².